The van der Waals surface area contributed by atoms with Gasteiger partial charge in [0.1, 0.15) is 10.8 Å². The first-order valence-corrected chi connectivity index (χ1v) is 9.29. The molecule has 0 saturated heterocycles. The highest BCUT2D eigenvalue weighted by Crippen LogP contribution is 2.18. The van der Waals surface area contributed by atoms with E-state index in [-0.39, 0.29) is 10.6 Å². The first-order valence-electron chi connectivity index (χ1n) is 8.92. The van der Waals surface area contributed by atoms with Crippen molar-refractivity contribution in [3.63, 3.8) is 0 Å². The summed E-state index contributed by atoms with van der Waals surface area (Å²) in [7, 11) is 1.63. The highest BCUT2D eigenvalue weighted by Gasteiger charge is 2.11. The average molecular weight is 408 g/mol. The highest BCUT2D eigenvalue weighted by atomic mass is 35.5. The van der Waals surface area contributed by atoms with Gasteiger partial charge in [0, 0.05) is 6.20 Å². The summed E-state index contributed by atoms with van der Waals surface area (Å²) in [6, 6.07) is 18.6. The van der Waals surface area contributed by atoms with Gasteiger partial charge < -0.3 is 10.1 Å². The molecule has 0 atom stereocenters. The van der Waals surface area contributed by atoms with Crippen LogP contribution in [0.2, 0.25) is 5.02 Å². The molecule has 4 rings (SSSR count). The number of halogens is 1. The third-order valence-corrected chi connectivity index (χ3v) is 4.73. The maximum atomic E-state index is 12.5. The zero-order valence-corrected chi connectivity index (χ0v) is 16.4. The lowest BCUT2D eigenvalue weighted by atomic mass is 10.3. The molecule has 2 aromatic carbocycles. The van der Waals surface area contributed by atoms with E-state index >= 15 is 0 Å². The normalized spacial score (nSPS) is 10.7. The number of rotatable bonds is 6. The Morgan fingerprint density at radius 2 is 1.79 bits per heavy atom. The summed E-state index contributed by atoms with van der Waals surface area (Å²) in [5.74, 6) is 0.787. The van der Waals surface area contributed by atoms with Crippen LogP contribution in [0.15, 0.2) is 77.9 Å². The zero-order chi connectivity index (χ0) is 20.2. The Kier molecular flexibility index (Phi) is 5.31. The molecule has 0 aliphatic carbocycles. The molecule has 146 valence electrons. The fraction of sp³-hybridized carbons (Fsp3) is 0.0952. The smallest absolute Gasteiger partial charge is 0.292 e. The number of hydrogen-bond donors (Lipinski definition) is 1. The predicted octanol–water partition coefficient (Wildman–Crippen LogP) is 3.69. The van der Waals surface area contributed by atoms with Gasteiger partial charge >= 0.3 is 0 Å². The van der Waals surface area contributed by atoms with Crippen molar-refractivity contribution in [1.82, 2.24) is 19.6 Å². The molecule has 2 heterocycles. The standard InChI is InChI=1S/C21H18ClN5O2/c1-29-18-9-7-16(8-10-18)26-12-11-15(25-26)13-23-19-14-24-27(21(28)20(19)22)17-5-3-2-4-6-17/h2-12,14,23H,13H2,1H3. The lowest BCUT2D eigenvalue weighted by molar-refractivity contribution is 0.414. The Bertz CT molecular complexity index is 1170. The van der Waals surface area contributed by atoms with E-state index < -0.39 is 0 Å². The summed E-state index contributed by atoms with van der Waals surface area (Å²) >= 11 is 6.27. The van der Waals surface area contributed by atoms with E-state index in [1.807, 2.05) is 54.7 Å². The third kappa shape index (κ3) is 4.00. The Balaban J connectivity index is 1.49. The van der Waals surface area contributed by atoms with Gasteiger partial charge in [0.15, 0.2) is 0 Å². The molecule has 0 unspecified atom stereocenters. The molecule has 0 fully saturated rings. The molecular formula is C21H18ClN5O2. The minimum Gasteiger partial charge on any atom is -0.497 e. The van der Waals surface area contributed by atoms with Gasteiger partial charge in [-0.25, -0.2) is 4.68 Å². The average Bonchev–Trinajstić information content (AvgIpc) is 3.24. The van der Waals surface area contributed by atoms with Gasteiger partial charge in [-0.3, -0.25) is 4.79 Å². The molecular weight excluding hydrogens is 390 g/mol. The molecule has 2 aromatic heterocycles. The SMILES string of the molecule is COc1ccc(-n2ccc(CNc3cnn(-c4ccccc4)c(=O)c3Cl)n2)cc1. The Morgan fingerprint density at radius 1 is 1.03 bits per heavy atom. The van der Waals surface area contributed by atoms with E-state index in [2.05, 4.69) is 15.5 Å². The van der Waals surface area contributed by atoms with Gasteiger partial charge in [-0.05, 0) is 42.5 Å². The van der Waals surface area contributed by atoms with Gasteiger partial charge in [0.05, 0.1) is 42.6 Å². The maximum absolute atomic E-state index is 12.5. The van der Waals surface area contributed by atoms with Crippen molar-refractivity contribution >= 4 is 17.3 Å². The molecule has 8 heteroatoms. The summed E-state index contributed by atoms with van der Waals surface area (Å²) in [5, 5.41) is 12.0. The van der Waals surface area contributed by atoms with Crippen molar-refractivity contribution in [3.05, 3.63) is 94.1 Å². The Hall–Kier alpha value is -3.58. The van der Waals surface area contributed by atoms with Crippen molar-refractivity contribution in [1.29, 1.82) is 0 Å². The van der Waals surface area contributed by atoms with Crippen LogP contribution < -0.4 is 15.6 Å². The van der Waals surface area contributed by atoms with Crippen molar-refractivity contribution in [2.24, 2.45) is 0 Å². The number of nitrogens with one attached hydrogen (secondary N) is 1. The van der Waals surface area contributed by atoms with E-state index in [0.717, 1.165) is 17.1 Å². The second-order valence-electron chi connectivity index (χ2n) is 6.23. The number of aromatic nitrogens is 4. The van der Waals surface area contributed by atoms with Crippen LogP contribution in [0.1, 0.15) is 5.69 Å². The fourth-order valence-electron chi connectivity index (χ4n) is 2.83. The van der Waals surface area contributed by atoms with Crippen LogP contribution in [0, 0.1) is 0 Å². The van der Waals surface area contributed by atoms with Crippen LogP contribution in [-0.2, 0) is 6.54 Å². The summed E-state index contributed by atoms with van der Waals surface area (Å²) in [6.45, 7) is 0.402. The number of benzene rings is 2. The maximum Gasteiger partial charge on any atom is 0.292 e. The second kappa shape index (κ2) is 8.20. The molecule has 0 bridgehead atoms. The van der Waals surface area contributed by atoms with Crippen LogP contribution in [0.5, 0.6) is 5.75 Å². The van der Waals surface area contributed by atoms with Gasteiger partial charge in [0.2, 0.25) is 0 Å². The molecule has 0 radical (unpaired) electrons. The number of methoxy groups -OCH3 is 1. The molecule has 7 nitrogen and oxygen atoms in total. The first-order chi connectivity index (χ1) is 14.2. The van der Waals surface area contributed by atoms with Crippen LogP contribution >= 0.6 is 11.6 Å². The zero-order valence-electron chi connectivity index (χ0n) is 15.6. The third-order valence-electron chi connectivity index (χ3n) is 4.36. The van der Waals surface area contributed by atoms with Gasteiger partial charge in [-0.2, -0.15) is 14.9 Å². The Labute approximate surface area is 172 Å². The van der Waals surface area contributed by atoms with Gasteiger partial charge in [0.25, 0.3) is 5.56 Å². The number of nitrogens with zero attached hydrogens (tertiary/aromatic N) is 4. The summed E-state index contributed by atoms with van der Waals surface area (Å²) in [5.41, 5.74) is 2.45. The molecule has 0 amide bonds. The predicted molar refractivity (Wildman–Crippen MR) is 112 cm³/mol. The van der Waals surface area contributed by atoms with E-state index in [1.54, 1.807) is 23.9 Å². The van der Waals surface area contributed by atoms with Crippen molar-refractivity contribution in [2.45, 2.75) is 6.54 Å². The van der Waals surface area contributed by atoms with E-state index in [0.29, 0.717) is 17.9 Å². The minimum absolute atomic E-state index is 0.0819. The van der Waals surface area contributed by atoms with Crippen LogP contribution in [0.25, 0.3) is 11.4 Å². The number of para-hydroxylation sites is 1. The van der Waals surface area contributed by atoms with Crippen LogP contribution in [-0.4, -0.2) is 26.7 Å². The van der Waals surface area contributed by atoms with E-state index in [4.69, 9.17) is 16.3 Å². The van der Waals surface area contributed by atoms with E-state index in [9.17, 15) is 4.79 Å². The molecule has 0 aliphatic heterocycles. The highest BCUT2D eigenvalue weighted by molar-refractivity contribution is 6.32. The summed E-state index contributed by atoms with van der Waals surface area (Å²) in [6.07, 6.45) is 3.41. The van der Waals surface area contributed by atoms with Crippen LogP contribution in [0.3, 0.4) is 0 Å². The minimum atomic E-state index is -0.383. The molecule has 0 spiro atoms. The Morgan fingerprint density at radius 3 is 2.52 bits per heavy atom. The second-order valence-corrected chi connectivity index (χ2v) is 6.61. The molecule has 29 heavy (non-hydrogen) atoms. The van der Waals surface area contributed by atoms with Gasteiger partial charge in [-0.15, -0.1) is 0 Å². The number of hydrogen-bond acceptors (Lipinski definition) is 5. The molecule has 4 aromatic rings. The summed E-state index contributed by atoms with van der Waals surface area (Å²) < 4.78 is 8.21. The molecule has 1 N–H and O–H groups in total. The topological polar surface area (TPSA) is 74.0 Å². The van der Waals surface area contributed by atoms with Crippen molar-refractivity contribution in [3.8, 4) is 17.1 Å². The van der Waals surface area contributed by atoms with Gasteiger partial charge in [-0.1, -0.05) is 29.8 Å². The first kappa shape index (κ1) is 18.8. The monoisotopic (exact) mass is 407 g/mol. The quantitative estimate of drug-likeness (QED) is 0.527. The lowest BCUT2D eigenvalue weighted by Crippen LogP contribution is -2.22. The lowest BCUT2D eigenvalue weighted by Gasteiger charge is -2.09. The largest absolute Gasteiger partial charge is 0.497 e. The molecule has 0 aliphatic rings. The number of ether oxygens (including phenoxy) is 1. The fourth-order valence-corrected chi connectivity index (χ4v) is 3.03. The van der Waals surface area contributed by atoms with Crippen LogP contribution in [0.4, 0.5) is 5.69 Å². The molecule has 0 saturated carbocycles. The van der Waals surface area contributed by atoms with E-state index in [1.165, 1.54) is 10.9 Å². The number of anilines is 1. The van der Waals surface area contributed by atoms with Crippen molar-refractivity contribution < 1.29 is 4.74 Å². The summed E-state index contributed by atoms with van der Waals surface area (Å²) in [4.78, 5) is 12.5. The van der Waals surface area contributed by atoms with Crippen molar-refractivity contribution in [2.75, 3.05) is 12.4 Å².